The van der Waals surface area contributed by atoms with Crippen molar-refractivity contribution in [3.8, 4) is 0 Å². The van der Waals surface area contributed by atoms with Gasteiger partial charge in [-0.3, -0.25) is 14.0 Å². The van der Waals surface area contributed by atoms with E-state index in [4.69, 9.17) is 4.74 Å². The van der Waals surface area contributed by atoms with Gasteiger partial charge in [0.25, 0.3) is 11.8 Å². The fraction of sp³-hybridized carbons (Fsp3) is 0.318. The molecule has 1 saturated heterocycles. The highest BCUT2D eigenvalue weighted by Gasteiger charge is 2.35. The lowest BCUT2D eigenvalue weighted by atomic mass is 10.1. The number of fused-ring (bicyclic) bond motifs is 2. The van der Waals surface area contributed by atoms with Crippen LogP contribution in [0.15, 0.2) is 48.7 Å². The van der Waals surface area contributed by atoms with Crippen LogP contribution in [-0.2, 0) is 11.2 Å². The van der Waals surface area contributed by atoms with E-state index >= 15 is 0 Å². The molecule has 5 rings (SSSR count). The van der Waals surface area contributed by atoms with Crippen molar-refractivity contribution < 1.29 is 14.3 Å². The van der Waals surface area contributed by atoms with E-state index in [0.29, 0.717) is 37.5 Å². The monoisotopic (exact) mass is 390 g/mol. The molecule has 0 N–H and O–H groups in total. The predicted octanol–water partition coefficient (Wildman–Crippen LogP) is 2.40. The molecule has 7 nitrogen and oxygen atoms in total. The second-order valence-corrected chi connectivity index (χ2v) is 7.50. The largest absolute Gasteiger partial charge is 0.378 e. The third-order valence-corrected chi connectivity index (χ3v) is 5.67. The summed E-state index contributed by atoms with van der Waals surface area (Å²) in [7, 11) is 0. The van der Waals surface area contributed by atoms with Gasteiger partial charge < -0.3 is 14.5 Å². The van der Waals surface area contributed by atoms with E-state index in [1.807, 2.05) is 43.3 Å². The molecule has 29 heavy (non-hydrogen) atoms. The van der Waals surface area contributed by atoms with Crippen LogP contribution in [0, 0.1) is 0 Å². The molecular weight excluding hydrogens is 368 g/mol. The zero-order valence-electron chi connectivity index (χ0n) is 16.2. The van der Waals surface area contributed by atoms with Gasteiger partial charge in [0.05, 0.1) is 18.7 Å². The Kier molecular flexibility index (Phi) is 4.32. The van der Waals surface area contributed by atoms with Crippen LogP contribution in [0.2, 0.25) is 0 Å². The standard InChI is InChI=1S/C22H22N4O3/c1-15-14-16-6-2-3-7-17(16)26(15)22(28)20-23-19(18-8-4-5-9-25(18)20)21(27)24-10-12-29-13-11-24/h2-9,15H,10-14H2,1H3. The lowest BCUT2D eigenvalue weighted by molar-refractivity contribution is 0.0300. The molecule has 148 valence electrons. The summed E-state index contributed by atoms with van der Waals surface area (Å²) in [6.45, 7) is 4.14. The number of ether oxygens (including phenoxy) is 1. The molecule has 7 heteroatoms. The Morgan fingerprint density at radius 2 is 1.79 bits per heavy atom. The predicted molar refractivity (Wildman–Crippen MR) is 108 cm³/mol. The highest BCUT2D eigenvalue weighted by molar-refractivity contribution is 6.08. The van der Waals surface area contributed by atoms with Crippen molar-refractivity contribution in [2.75, 3.05) is 31.2 Å². The van der Waals surface area contributed by atoms with Gasteiger partial charge in [0.1, 0.15) is 0 Å². The number of pyridine rings is 1. The minimum Gasteiger partial charge on any atom is -0.378 e. The molecule has 1 fully saturated rings. The fourth-order valence-electron chi connectivity index (χ4n) is 4.25. The Bertz CT molecular complexity index is 1100. The molecule has 1 unspecified atom stereocenters. The first-order chi connectivity index (χ1) is 14.1. The van der Waals surface area contributed by atoms with Crippen LogP contribution in [0.25, 0.3) is 5.52 Å². The number of nitrogens with zero attached hydrogens (tertiary/aromatic N) is 4. The second kappa shape index (κ2) is 7.00. The summed E-state index contributed by atoms with van der Waals surface area (Å²) in [5, 5.41) is 0. The summed E-state index contributed by atoms with van der Waals surface area (Å²) in [6, 6.07) is 13.5. The summed E-state index contributed by atoms with van der Waals surface area (Å²) in [6.07, 6.45) is 2.60. The number of imidazole rings is 1. The maximum atomic E-state index is 13.5. The van der Waals surface area contributed by atoms with E-state index < -0.39 is 0 Å². The summed E-state index contributed by atoms with van der Waals surface area (Å²) in [5.41, 5.74) is 3.03. The summed E-state index contributed by atoms with van der Waals surface area (Å²) in [5.74, 6) is -0.0867. The lowest BCUT2D eigenvalue weighted by Crippen LogP contribution is -2.41. The molecule has 0 bridgehead atoms. The first-order valence-electron chi connectivity index (χ1n) is 9.90. The van der Waals surface area contributed by atoms with E-state index in [2.05, 4.69) is 11.1 Å². The molecule has 2 aliphatic rings. The normalized spacial score (nSPS) is 18.9. The van der Waals surface area contributed by atoms with Gasteiger partial charge in [0.2, 0.25) is 5.82 Å². The van der Waals surface area contributed by atoms with Crippen LogP contribution in [0.4, 0.5) is 5.69 Å². The van der Waals surface area contributed by atoms with Gasteiger partial charge >= 0.3 is 0 Å². The second-order valence-electron chi connectivity index (χ2n) is 7.50. The Hall–Kier alpha value is -3.19. The van der Waals surface area contributed by atoms with E-state index in [0.717, 1.165) is 17.7 Å². The average molecular weight is 390 g/mol. The Morgan fingerprint density at radius 1 is 1.03 bits per heavy atom. The minimum atomic E-state index is -0.190. The number of carbonyl (C=O) groups is 2. The quantitative estimate of drug-likeness (QED) is 0.674. The smallest absolute Gasteiger partial charge is 0.294 e. The Balaban J connectivity index is 1.57. The maximum Gasteiger partial charge on any atom is 0.294 e. The van der Waals surface area contributed by atoms with Crippen molar-refractivity contribution in [2.24, 2.45) is 0 Å². The number of amides is 2. The molecule has 0 radical (unpaired) electrons. The third kappa shape index (κ3) is 2.89. The van der Waals surface area contributed by atoms with Crippen molar-refractivity contribution in [2.45, 2.75) is 19.4 Å². The molecule has 3 aromatic rings. The minimum absolute atomic E-state index is 0.0364. The van der Waals surface area contributed by atoms with Crippen LogP contribution in [0.3, 0.4) is 0 Å². The SMILES string of the molecule is CC1Cc2ccccc2N1C(=O)c1nc(C(=O)N2CCOCC2)c2ccccn12. The number of rotatable bonds is 2. The molecule has 0 saturated carbocycles. The average Bonchev–Trinajstić information content (AvgIpc) is 3.31. The third-order valence-electron chi connectivity index (χ3n) is 5.67. The number of morpholine rings is 1. The molecule has 0 spiro atoms. The first-order valence-corrected chi connectivity index (χ1v) is 9.90. The molecule has 2 aromatic heterocycles. The van der Waals surface area contributed by atoms with Crippen LogP contribution >= 0.6 is 0 Å². The molecular formula is C22H22N4O3. The van der Waals surface area contributed by atoms with Gasteiger partial charge in [-0.05, 0) is 37.1 Å². The van der Waals surface area contributed by atoms with Crippen molar-refractivity contribution >= 4 is 23.0 Å². The van der Waals surface area contributed by atoms with Gasteiger partial charge in [-0.15, -0.1) is 0 Å². The van der Waals surface area contributed by atoms with E-state index in [1.165, 1.54) is 0 Å². The molecule has 1 atom stereocenters. The van der Waals surface area contributed by atoms with E-state index in [9.17, 15) is 9.59 Å². The zero-order chi connectivity index (χ0) is 20.0. The maximum absolute atomic E-state index is 13.5. The van der Waals surface area contributed by atoms with E-state index in [1.54, 1.807) is 20.4 Å². The topological polar surface area (TPSA) is 67.2 Å². The van der Waals surface area contributed by atoms with Crippen molar-refractivity contribution in [1.29, 1.82) is 0 Å². The molecule has 2 amide bonds. The number of benzene rings is 1. The van der Waals surface area contributed by atoms with Gasteiger partial charge in [-0.25, -0.2) is 4.98 Å². The summed E-state index contributed by atoms with van der Waals surface area (Å²) >= 11 is 0. The molecule has 2 aliphatic heterocycles. The Labute approximate surface area is 168 Å². The fourth-order valence-corrected chi connectivity index (χ4v) is 4.25. The van der Waals surface area contributed by atoms with Gasteiger partial charge in [-0.2, -0.15) is 0 Å². The summed E-state index contributed by atoms with van der Waals surface area (Å²) in [4.78, 5) is 34.7. The highest BCUT2D eigenvalue weighted by atomic mass is 16.5. The number of para-hydroxylation sites is 1. The zero-order valence-corrected chi connectivity index (χ0v) is 16.2. The van der Waals surface area contributed by atoms with Crippen molar-refractivity contribution in [1.82, 2.24) is 14.3 Å². The van der Waals surface area contributed by atoms with Crippen LogP contribution < -0.4 is 4.90 Å². The van der Waals surface area contributed by atoms with Gasteiger partial charge in [-0.1, -0.05) is 24.3 Å². The van der Waals surface area contributed by atoms with Crippen LogP contribution in [0.5, 0.6) is 0 Å². The van der Waals surface area contributed by atoms with Gasteiger partial charge in [0.15, 0.2) is 5.69 Å². The molecule has 4 heterocycles. The van der Waals surface area contributed by atoms with Crippen LogP contribution in [-0.4, -0.2) is 58.4 Å². The van der Waals surface area contributed by atoms with Crippen molar-refractivity contribution in [3.63, 3.8) is 0 Å². The Morgan fingerprint density at radius 3 is 2.62 bits per heavy atom. The van der Waals surface area contributed by atoms with Crippen molar-refractivity contribution in [3.05, 3.63) is 65.7 Å². The van der Waals surface area contributed by atoms with Gasteiger partial charge in [0, 0.05) is 31.0 Å². The summed E-state index contributed by atoms with van der Waals surface area (Å²) < 4.78 is 7.07. The number of hydrogen-bond donors (Lipinski definition) is 0. The highest BCUT2D eigenvalue weighted by Crippen LogP contribution is 2.33. The molecule has 0 aliphatic carbocycles. The molecule has 1 aromatic carbocycles. The van der Waals surface area contributed by atoms with Crippen LogP contribution in [0.1, 0.15) is 33.6 Å². The number of carbonyl (C=O) groups excluding carboxylic acids is 2. The number of aromatic nitrogens is 2. The van der Waals surface area contributed by atoms with E-state index in [-0.39, 0.29) is 23.7 Å². The first kappa shape index (κ1) is 17.9. The lowest BCUT2D eigenvalue weighted by Gasteiger charge is -2.26. The number of hydrogen-bond acceptors (Lipinski definition) is 4. The number of anilines is 1.